The van der Waals surface area contributed by atoms with Crippen LogP contribution in [0.25, 0.3) is 0 Å². The van der Waals surface area contributed by atoms with Crippen molar-refractivity contribution in [1.82, 2.24) is 9.78 Å². The standard InChI is InChI=1S/C15H20N4O/c1-3-10-19(13-6-4-12(11-16)5-7-13)15(20)14-8-9-17-18(14)2/h4-9H,3,10-11,16H2,1-2H3. The second-order valence-electron chi connectivity index (χ2n) is 4.67. The highest BCUT2D eigenvalue weighted by Gasteiger charge is 2.19. The zero-order valence-corrected chi connectivity index (χ0v) is 11.9. The molecule has 1 aromatic carbocycles. The predicted octanol–water partition coefficient (Wildman–Crippen LogP) is 1.94. The third-order valence-corrected chi connectivity index (χ3v) is 3.22. The van der Waals surface area contributed by atoms with Crippen molar-refractivity contribution in [3.8, 4) is 0 Å². The number of benzene rings is 1. The van der Waals surface area contributed by atoms with E-state index in [1.807, 2.05) is 24.3 Å². The maximum absolute atomic E-state index is 12.6. The van der Waals surface area contributed by atoms with E-state index in [4.69, 9.17) is 5.73 Å². The highest BCUT2D eigenvalue weighted by atomic mass is 16.2. The van der Waals surface area contributed by atoms with Gasteiger partial charge in [-0.2, -0.15) is 5.10 Å². The molecule has 1 heterocycles. The number of nitrogens with zero attached hydrogens (tertiary/aromatic N) is 3. The fraction of sp³-hybridized carbons (Fsp3) is 0.333. The lowest BCUT2D eigenvalue weighted by molar-refractivity contribution is 0.0978. The van der Waals surface area contributed by atoms with Crippen LogP contribution in [0.5, 0.6) is 0 Å². The molecule has 0 saturated heterocycles. The van der Waals surface area contributed by atoms with E-state index in [1.165, 1.54) is 0 Å². The van der Waals surface area contributed by atoms with Crippen LogP contribution in [0, 0.1) is 0 Å². The van der Waals surface area contributed by atoms with Gasteiger partial charge >= 0.3 is 0 Å². The van der Waals surface area contributed by atoms with Gasteiger partial charge in [0, 0.05) is 32.0 Å². The molecule has 0 atom stereocenters. The van der Waals surface area contributed by atoms with Gasteiger partial charge in [0.2, 0.25) is 0 Å². The van der Waals surface area contributed by atoms with E-state index in [-0.39, 0.29) is 5.91 Å². The lowest BCUT2D eigenvalue weighted by Gasteiger charge is -2.22. The first kappa shape index (κ1) is 14.3. The first-order valence-corrected chi connectivity index (χ1v) is 6.76. The molecule has 20 heavy (non-hydrogen) atoms. The SMILES string of the molecule is CCCN(C(=O)c1ccnn1C)c1ccc(CN)cc1. The quantitative estimate of drug-likeness (QED) is 0.904. The van der Waals surface area contributed by atoms with Crippen LogP contribution in [-0.4, -0.2) is 22.2 Å². The van der Waals surface area contributed by atoms with Gasteiger partial charge in [-0.25, -0.2) is 0 Å². The predicted molar refractivity (Wildman–Crippen MR) is 79.5 cm³/mol. The molecule has 0 aliphatic carbocycles. The van der Waals surface area contributed by atoms with E-state index < -0.39 is 0 Å². The Hall–Kier alpha value is -2.14. The molecule has 2 aromatic rings. The average molecular weight is 272 g/mol. The number of aryl methyl sites for hydroxylation is 1. The van der Waals surface area contributed by atoms with E-state index in [1.54, 1.807) is 28.9 Å². The second kappa shape index (κ2) is 6.34. The Kier molecular flexibility index (Phi) is 4.53. The van der Waals surface area contributed by atoms with E-state index in [0.717, 1.165) is 17.7 Å². The second-order valence-corrected chi connectivity index (χ2v) is 4.67. The molecule has 0 bridgehead atoms. The first-order valence-electron chi connectivity index (χ1n) is 6.76. The van der Waals surface area contributed by atoms with Crippen LogP contribution < -0.4 is 10.6 Å². The lowest BCUT2D eigenvalue weighted by atomic mass is 10.2. The van der Waals surface area contributed by atoms with Gasteiger partial charge in [-0.3, -0.25) is 9.48 Å². The summed E-state index contributed by atoms with van der Waals surface area (Å²) in [7, 11) is 1.77. The number of carbonyl (C=O) groups is 1. The summed E-state index contributed by atoms with van der Waals surface area (Å²) in [4.78, 5) is 14.4. The summed E-state index contributed by atoms with van der Waals surface area (Å²) in [6.07, 6.45) is 2.52. The van der Waals surface area contributed by atoms with Crippen molar-refractivity contribution < 1.29 is 4.79 Å². The molecule has 5 heteroatoms. The van der Waals surface area contributed by atoms with Crippen molar-refractivity contribution in [2.75, 3.05) is 11.4 Å². The Morgan fingerprint density at radius 3 is 2.50 bits per heavy atom. The zero-order valence-electron chi connectivity index (χ0n) is 11.9. The molecule has 2 N–H and O–H groups in total. The first-order chi connectivity index (χ1) is 9.67. The number of hydrogen-bond acceptors (Lipinski definition) is 3. The molecule has 0 saturated carbocycles. The molecule has 0 fully saturated rings. The molecule has 1 aromatic heterocycles. The largest absolute Gasteiger partial charge is 0.326 e. The van der Waals surface area contributed by atoms with Crippen LogP contribution in [0.15, 0.2) is 36.5 Å². The minimum absolute atomic E-state index is 0.0349. The number of anilines is 1. The lowest BCUT2D eigenvalue weighted by Crippen LogP contribution is -2.33. The maximum atomic E-state index is 12.6. The fourth-order valence-corrected chi connectivity index (χ4v) is 2.11. The Morgan fingerprint density at radius 2 is 2.00 bits per heavy atom. The molecule has 0 spiro atoms. The van der Waals surface area contributed by atoms with Gasteiger partial charge in [0.15, 0.2) is 0 Å². The Morgan fingerprint density at radius 1 is 1.30 bits per heavy atom. The molecular formula is C15H20N4O. The van der Waals surface area contributed by atoms with Crippen molar-refractivity contribution in [2.24, 2.45) is 12.8 Å². The summed E-state index contributed by atoms with van der Waals surface area (Å²) in [5.41, 5.74) is 8.12. The monoisotopic (exact) mass is 272 g/mol. The Labute approximate surface area is 119 Å². The van der Waals surface area contributed by atoms with Crippen LogP contribution in [-0.2, 0) is 13.6 Å². The molecule has 0 unspecified atom stereocenters. The van der Waals surface area contributed by atoms with E-state index in [0.29, 0.717) is 18.8 Å². The van der Waals surface area contributed by atoms with Crippen molar-refractivity contribution in [2.45, 2.75) is 19.9 Å². The third-order valence-electron chi connectivity index (χ3n) is 3.22. The normalized spacial score (nSPS) is 10.6. The average Bonchev–Trinajstić information content (AvgIpc) is 2.90. The van der Waals surface area contributed by atoms with Gasteiger partial charge in [0.05, 0.1) is 0 Å². The molecule has 5 nitrogen and oxygen atoms in total. The minimum Gasteiger partial charge on any atom is -0.326 e. The van der Waals surface area contributed by atoms with Gasteiger partial charge in [-0.1, -0.05) is 19.1 Å². The summed E-state index contributed by atoms with van der Waals surface area (Å²) < 4.78 is 1.60. The maximum Gasteiger partial charge on any atom is 0.276 e. The number of rotatable bonds is 5. The van der Waals surface area contributed by atoms with E-state index >= 15 is 0 Å². The molecule has 106 valence electrons. The van der Waals surface area contributed by atoms with Crippen molar-refractivity contribution in [3.05, 3.63) is 47.8 Å². The van der Waals surface area contributed by atoms with Gasteiger partial charge in [0.1, 0.15) is 5.69 Å². The molecular weight excluding hydrogens is 252 g/mol. The number of aromatic nitrogens is 2. The molecule has 0 aliphatic heterocycles. The Bertz CT molecular complexity index is 574. The minimum atomic E-state index is -0.0349. The van der Waals surface area contributed by atoms with Crippen LogP contribution in [0.3, 0.4) is 0 Å². The number of carbonyl (C=O) groups excluding carboxylic acids is 1. The van der Waals surface area contributed by atoms with Crippen molar-refractivity contribution in [1.29, 1.82) is 0 Å². The summed E-state index contributed by atoms with van der Waals surface area (Å²) in [5, 5.41) is 4.05. The van der Waals surface area contributed by atoms with Crippen LogP contribution in [0.2, 0.25) is 0 Å². The summed E-state index contributed by atoms with van der Waals surface area (Å²) in [6.45, 7) is 3.23. The van der Waals surface area contributed by atoms with Gasteiger partial charge in [0.25, 0.3) is 5.91 Å². The summed E-state index contributed by atoms with van der Waals surface area (Å²) >= 11 is 0. The summed E-state index contributed by atoms with van der Waals surface area (Å²) in [5.74, 6) is -0.0349. The smallest absolute Gasteiger partial charge is 0.276 e. The number of amides is 1. The Balaban J connectivity index is 2.30. The van der Waals surface area contributed by atoms with Crippen LogP contribution in [0.1, 0.15) is 29.4 Å². The van der Waals surface area contributed by atoms with Gasteiger partial charge < -0.3 is 10.6 Å². The molecule has 0 aliphatic rings. The zero-order chi connectivity index (χ0) is 14.5. The number of nitrogens with two attached hydrogens (primary N) is 1. The topological polar surface area (TPSA) is 64.2 Å². The van der Waals surface area contributed by atoms with Crippen molar-refractivity contribution in [3.63, 3.8) is 0 Å². The fourth-order valence-electron chi connectivity index (χ4n) is 2.11. The van der Waals surface area contributed by atoms with Crippen LogP contribution >= 0.6 is 0 Å². The van der Waals surface area contributed by atoms with Gasteiger partial charge in [-0.05, 0) is 30.2 Å². The van der Waals surface area contributed by atoms with E-state index in [9.17, 15) is 4.79 Å². The third kappa shape index (κ3) is 2.88. The number of hydrogen-bond donors (Lipinski definition) is 1. The highest BCUT2D eigenvalue weighted by Crippen LogP contribution is 2.18. The molecule has 0 radical (unpaired) electrons. The van der Waals surface area contributed by atoms with Crippen LogP contribution in [0.4, 0.5) is 5.69 Å². The van der Waals surface area contributed by atoms with Gasteiger partial charge in [-0.15, -0.1) is 0 Å². The molecule has 2 rings (SSSR count). The van der Waals surface area contributed by atoms with E-state index in [2.05, 4.69) is 12.0 Å². The molecule has 1 amide bonds. The summed E-state index contributed by atoms with van der Waals surface area (Å²) in [6, 6.07) is 9.51. The highest BCUT2D eigenvalue weighted by molar-refractivity contribution is 6.04. The van der Waals surface area contributed by atoms with Crippen molar-refractivity contribution >= 4 is 11.6 Å².